The van der Waals surface area contributed by atoms with Gasteiger partial charge in [-0.15, -0.1) is 11.8 Å². The molecule has 0 fully saturated rings. The Morgan fingerprint density at radius 3 is 2.55 bits per heavy atom. The van der Waals surface area contributed by atoms with Gasteiger partial charge in [-0.1, -0.05) is 6.07 Å². The van der Waals surface area contributed by atoms with Crippen LogP contribution >= 0.6 is 11.8 Å². The molecule has 0 aliphatic heterocycles. The minimum atomic E-state index is -3.62. The molecule has 0 saturated carbocycles. The van der Waals surface area contributed by atoms with Crippen LogP contribution in [0.15, 0.2) is 33.8 Å². The molecule has 1 aromatic carbocycles. The van der Waals surface area contributed by atoms with E-state index in [0.29, 0.717) is 16.2 Å². The highest BCUT2D eigenvalue weighted by Gasteiger charge is 2.15. The lowest BCUT2D eigenvalue weighted by molar-refractivity contribution is 0.253. The molecule has 2 amide bonds. The Balaban J connectivity index is 3.23. The molecule has 0 aliphatic carbocycles. The summed E-state index contributed by atoms with van der Waals surface area (Å²) in [5, 5.41) is 2.20. The summed E-state index contributed by atoms with van der Waals surface area (Å²) >= 11 is 1.32. The number of rotatable bonds is 5. The third-order valence-corrected chi connectivity index (χ3v) is 4.66. The Bertz CT molecular complexity index is 743. The van der Waals surface area contributed by atoms with Crippen molar-refractivity contribution in [3.63, 3.8) is 0 Å². The molecule has 1 rings (SSSR count). The molecule has 22 heavy (non-hydrogen) atoms. The highest BCUT2D eigenvalue weighted by atomic mass is 32.2. The minimum absolute atomic E-state index is 0.353. The van der Waals surface area contributed by atoms with E-state index in [1.54, 1.807) is 13.2 Å². The lowest BCUT2D eigenvalue weighted by Crippen LogP contribution is -2.27. The van der Waals surface area contributed by atoms with Crippen LogP contribution in [-0.4, -0.2) is 33.3 Å². The monoisotopic (exact) mass is 345 g/mol. The molecule has 120 valence electrons. The van der Waals surface area contributed by atoms with Crippen molar-refractivity contribution >= 4 is 38.9 Å². The molecule has 0 aliphatic rings. The van der Waals surface area contributed by atoms with Gasteiger partial charge < -0.3 is 5.73 Å². The lowest BCUT2D eigenvalue weighted by atomic mass is 10.2. The number of halogens is 1. The number of primary amides is 1. The van der Waals surface area contributed by atoms with E-state index in [-0.39, 0.29) is 4.90 Å². The molecule has 9 heteroatoms. The van der Waals surface area contributed by atoms with Gasteiger partial charge in [0.05, 0.1) is 12.0 Å². The number of hydrogen-bond acceptors (Lipinski definition) is 5. The van der Waals surface area contributed by atoms with Crippen LogP contribution in [0, 0.1) is 5.82 Å². The zero-order valence-electron chi connectivity index (χ0n) is 12.3. The van der Waals surface area contributed by atoms with Crippen LogP contribution in [0.4, 0.5) is 9.18 Å². The molecule has 6 nitrogen and oxygen atoms in total. The maximum atomic E-state index is 13.9. The summed E-state index contributed by atoms with van der Waals surface area (Å²) in [6, 6.07) is 3.12. The van der Waals surface area contributed by atoms with E-state index in [1.165, 1.54) is 23.9 Å². The molecule has 0 spiro atoms. The van der Waals surface area contributed by atoms with Crippen LogP contribution in [-0.2, 0) is 9.84 Å². The van der Waals surface area contributed by atoms with Gasteiger partial charge in [-0.05, 0) is 30.9 Å². The average molecular weight is 345 g/mol. The highest BCUT2D eigenvalue weighted by Crippen LogP contribution is 2.31. The van der Waals surface area contributed by atoms with Crippen LogP contribution in [0.2, 0.25) is 0 Å². The first-order chi connectivity index (χ1) is 10.2. The molecule has 0 aromatic heterocycles. The number of nitrogens with zero attached hydrogens (tertiary/aromatic N) is 1. The largest absolute Gasteiger partial charge is 0.351 e. The minimum Gasteiger partial charge on any atom is -0.351 e. The lowest BCUT2D eigenvalue weighted by Gasteiger charge is -2.09. The average Bonchev–Trinajstić information content (AvgIpc) is 2.37. The van der Waals surface area contributed by atoms with Crippen molar-refractivity contribution in [1.29, 1.82) is 0 Å². The molecule has 0 radical (unpaired) electrons. The number of hydrogen-bond donors (Lipinski definition) is 2. The van der Waals surface area contributed by atoms with Gasteiger partial charge in [0.15, 0.2) is 9.84 Å². The topological polar surface area (TPSA) is 102 Å². The van der Waals surface area contributed by atoms with E-state index in [1.807, 2.05) is 0 Å². The van der Waals surface area contributed by atoms with E-state index in [4.69, 9.17) is 5.73 Å². The number of sulfone groups is 1. The van der Waals surface area contributed by atoms with Gasteiger partial charge in [-0.3, -0.25) is 5.32 Å². The van der Waals surface area contributed by atoms with Crippen LogP contribution < -0.4 is 11.1 Å². The summed E-state index contributed by atoms with van der Waals surface area (Å²) in [7, 11) is -3.62. The second kappa shape index (κ2) is 7.41. The Kier molecular flexibility index (Phi) is 6.12. The number of nitrogens with two attached hydrogens (primary N) is 1. The first kappa shape index (κ1) is 18.2. The molecule has 3 N–H and O–H groups in total. The van der Waals surface area contributed by atoms with Crippen molar-refractivity contribution in [3.05, 3.63) is 35.3 Å². The predicted molar refractivity (Wildman–Crippen MR) is 86.8 cm³/mol. The fourth-order valence-corrected chi connectivity index (χ4v) is 3.11. The van der Waals surface area contributed by atoms with Gasteiger partial charge in [0.2, 0.25) is 0 Å². The second-order valence-corrected chi connectivity index (χ2v) is 7.10. The fraction of sp³-hybridized carbons (Fsp3) is 0.231. The number of amides is 2. The van der Waals surface area contributed by atoms with Crippen molar-refractivity contribution in [2.75, 3.05) is 12.5 Å². The second-order valence-electron chi connectivity index (χ2n) is 4.30. The molecule has 0 heterocycles. The molecule has 0 atom stereocenters. The third kappa shape index (κ3) is 4.85. The number of carbonyl (C=O) groups excluding carboxylic acids is 1. The van der Waals surface area contributed by atoms with Crippen LogP contribution in [0.5, 0.6) is 0 Å². The molecule has 0 saturated heterocycles. The van der Waals surface area contributed by atoms with Gasteiger partial charge >= 0.3 is 6.03 Å². The number of allylic oxidation sites excluding steroid dienone is 1. The SMILES string of the molecule is CS/C(=C(/C)N=CNC(N)=O)c1ccc(S(C)(=O)=O)c(F)c1. The molecule has 0 unspecified atom stereocenters. The number of thioether (sulfide) groups is 1. The number of benzene rings is 1. The summed E-state index contributed by atoms with van der Waals surface area (Å²) in [6.07, 6.45) is 3.86. The zero-order valence-corrected chi connectivity index (χ0v) is 13.9. The number of urea groups is 1. The highest BCUT2D eigenvalue weighted by molar-refractivity contribution is 8.07. The van der Waals surface area contributed by atoms with Crippen LogP contribution in [0.3, 0.4) is 0 Å². The van der Waals surface area contributed by atoms with E-state index in [2.05, 4.69) is 10.3 Å². The van der Waals surface area contributed by atoms with Crippen molar-refractivity contribution in [2.24, 2.45) is 10.7 Å². The van der Waals surface area contributed by atoms with Crippen molar-refractivity contribution in [1.82, 2.24) is 5.32 Å². The van der Waals surface area contributed by atoms with E-state index < -0.39 is 21.7 Å². The standard InChI is InChI=1S/C13H16FN3O3S2/c1-8(16-7-17-13(15)18)12(21-2)9-4-5-11(10(14)6-9)22(3,19)20/h4-7H,1-3H3,(H3,15,16,17,18)/b12-8-. The molecule has 1 aromatic rings. The molecular weight excluding hydrogens is 329 g/mol. The summed E-state index contributed by atoms with van der Waals surface area (Å²) in [6.45, 7) is 1.67. The number of carbonyl (C=O) groups is 1. The van der Waals surface area contributed by atoms with Gasteiger partial charge in [0, 0.05) is 11.2 Å². The maximum Gasteiger partial charge on any atom is 0.317 e. The van der Waals surface area contributed by atoms with Gasteiger partial charge in [-0.25, -0.2) is 22.6 Å². The van der Waals surface area contributed by atoms with Crippen molar-refractivity contribution < 1.29 is 17.6 Å². The first-order valence-electron chi connectivity index (χ1n) is 6.00. The molecular formula is C13H16FN3O3S2. The summed E-state index contributed by atoms with van der Waals surface area (Å²) in [5.74, 6) is -0.821. The first-order valence-corrected chi connectivity index (χ1v) is 9.11. The third-order valence-electron chi connectivity index (χ3n) is 2.59. The maximum absolute atomic E-state index is 13.9. The Hall–Kier alpha value is -1.87. The van der Waals surface area contributed by atoms with Crippen molar-refractivity contribution in [3.8, 4) is 0 Å². The summed E-state index contributed by atoms with van der Waals surface area (Å²) < 4.78 is 36.8. The Morgan fingerprint density at radius 2 is 2.09 bits per heavy atom. The van der Waals surface area contributed by atoms with Gasteiger partial charge in [0.1, 0.15) is 10.7 Å². The Labute approximate surface area is 132 Å². The summed E-state index contributed by atoms with van der Waals surface area (Å²) in [5.41, 5.74) is 5.92. The van der Waals surface area contributed by atoms with Gasteiger partial charge in [-0.2, -0.15) is 0 Å². The van der Waals surface area contributed by atoms with Gasteiger partial charge in [0.25, 0.3) is 0 Å². The molecule has 0 bridgehead atoms. The predicted octanol–water partition coefficient (Wildman–Crippen LogP) is 1.98. The van der Waals surface area contributed by atoms with Crippen LogP contribution in [0.25, 0.3) is 4.91 Å². The normalized spacial score (nSPS) is 13.1. The van der Waals surface area contributed by atoms with E-state index in [9.17, 15) is 17.6 Å². The Morgan fingerprint density at radius 1 is 1.45 bits per heavy atom. The summed E-state index contributed by atoms with van der Waals surface area (Å²) in [4.78, 5) is 14.8. The quantitative estimate of drug-likeness (QED) is 0.629. The number of nitrogens with one attached hydrogen (secondary N) is 1. The smallest absolute Gasteiger partial charge is 0.317 e. The van der Waals surface area contributed by atoms with Crippen LogP contribution in [0.1, 0.15) is 12.5 Å². The zero-order chi connectivity index (χ0) is 16.9. The number of aliphatic imine (C=N–C) groups is 1. The van der Waals surface area contributed by atoms with E-state index in [0.717, 1.165) is 18.7 Å². The fourth-order valence-electron chi connectivity index (χ4n) is 1.67. The van der Waals surface area contributed by atoms with Crippen molar-refractivity contribution in [2.45, 2.75) is 11.8 Å². The van der Waals surface area contributed by atoms with E-state index >= 15 is 0 Å².